The van der Waals surface area contributed by atoms with Gasteiger partial charge in [0.1, 0.15) is 0 Å². The molecule has 0 bridgehead atoms. The van der Waals surface area contributed by atoms with Crippen LogP contribution in [0.25, 0.3) is 0 Å². The third-order valence-corrected chi connectivity index (χ3v) is 4.62. The lowest BCUT2D eigenvalue weighted by atomic mass is 9.74. The van der Waals surface area contributed by atoms with E-state index in [1.54, 1.807) is 0 Å². The summed E-state index contributed by atoms with van der Waals surface area (Å²) in [5, 5.41) is 0.352. The average Bonchev–Trinajstić information content (AvgIpc) is 2.39. The summed E-state index contributed by atoms with van der Waals surface area (Å²) in [5.41, 5.74) is 0.444. The molecule has 1 aliphatic heterocycles. The van der Waals surface area contributed by atoms with Crippen molar-refractivity contribution < 1.29 is 4.39 Å². The molecule has 2 rings (SSSR count). The molecule has 0 radical (unpaired) electrons. The molecule has 0 aromatic carbocycles. The first-order chi connectivity index (χ1) is 8.60. The van der Waals surface area contributed by atoms with E-state index in [2.05, 4.69) is 18.8 Å². The quantitative estimate of drug-likeness (QED) is 0.815. The van der Waals surface area contributed by atoms with Crippen molar-refractivity contribution in [2.45, 2.75) is 39.5 Å². The van der Waals surface area contributed by atoms with Crippen LogP contribution in [0.4, 0.5) is 10.2 Å². The molecule has 1 saturated heterocycles. The summed E-state index contributed by atoms with van der Waals surface area (Å²) in [6, 6.07) is 1.34. The number of anilines is 1. The van der Waals surface area contributed by atoms with Gasteiger partial charge in [-0.2, -0.15) is 0 Å². The van der Waals surface area contributed by atoms with Crippen molar-refractivity contribution >= 4 is 17.4 Å². The molecule has 1 aliphatic rings. The molecule has 2 heterocycles. The Bertz CT molecular complexity index is 408. The number of hydrogen-bond donors (Lipinski definition) is 0. The van der Waals surface area contributed by atoms with Crippen molar-refractivity contribution in [2.75, 3.05) is 18.0 Å². The Morgan fingerprint density at radius 2 is 1.94 bits per heavy atom. The largest absolute Gasteiger partial charge is 0.354 e. The SMILES string of the molecule is CCC1(CC)CCN(c2ncc(Cl)cc2F)CC1. The monoisotopic (exact) mass is 270 g/mol. The summed E-state index contributed by atoms with van der Waals surface area (Å²) >= 11 is 5.73. The molecule has 0 amide bonds. The summed E-state index contributed by atoms with van der Waals surface area (Å²) in [4.78, 5) is 6.16. The van der Waals surface area contributed by atoms with Gasteiger partial charge in [0.2, 0.25) is 0 Å². The minimum absolute atomic E-state index is 0.317. The van der Waals surface area contributed by atoms with Gasteiger partial charge in [0.25, 0.3) is 0 Å². The maximum atomic E-state index is 13.8. The standard InChI is InChI=1S/C14H20ClFN2/c1-3-14(4-2)5-7-18(8-6-14)13-12(16)9-11(15)10-17-13/h9-10H,3-8H2,1-2H3. The lowest BCUT2D eigenvalue weighted by Gasteiger charge is -2.41. The lowest BCUT2D eigenvalue weighted by Crippen LogP contribution is -2.40. The smallest absolute Gasteiger partial charge is 0.167 e. The van der Waals surface area contributed by atoms with Gasteiger partial charge in [0.05, 0.1) is 5.02 Å². The van der Waals surface area contributed by atoms with Crippen LogP contribution in [-0.2, 0) is 0 Å². The lowest BCUT2D eigenvalue weighted by molar-refractivity contribution is 0.198. The molecule has 4 heteroatoms. The maximum Gasteiger partial charge on any atom is 0.167 e. The second-order valence-corrected chi connectivity index (χ2v) is 5.59. The fourth-order valence-electron chi connectivity index (χ4n) is 2.79. The van der Waals surface area contributed by atoms with E-state index in [1.807, 2.05) is 4.90 Å². The number of rotatable bonds is 3. The van der Waals surface area contributed by atoms with Gasteiger partial charge in [-0.1, -0.05) is 38.3 Å². The Kier molecular flexibility index (Phi) is 4.10. The first kappa shape index (κ1) is 13.6. The molecule has 2 nitrogen and oxygen atoms in total. The topological polar surface area (TPSA) is 16.1 Å². The molecule has 18 heavy (non-hydrogen) atoms. The summed E-state index contributed by atoms with van der Waals surface area (Å²) in [7, 11) is 0. The van der Waals surface area contributed by atoms with Crippen LogP contribution in [0.15, 0.2) is 12.3 Å². The van der Waals surface area contributed by atoms with Gasteiger partial charge in [0, 0.05) is 19.3 Å². The summed E-state index contributed by atoms with van der Waals surface area (Å²) < 4.78 is 13.8. The highest BCUT2D eigenvalue weighted by Crippen LogP contribution is 2.39. The van der Waals surface area contributed by atoms with E-state index in [4.69, 9.17) is 11.6 Å². The zero-order valence-electron chi connectivity index (χ0n) is 11.0. The van der Waals surface area contributed by atoms with E-state index in [0.29, 0.717) is 16.3 Å². The van der Waals surface area contributed by atoms with Crippen molar-refractivity contribution in [1.82, 2.24) is 4.98 Å². The van der Waals surface area contributed by atoms with Crippen molar-refractivity contribution in [3.05, 3.63) is 23.1 Å². The van der Waals surface area contributed by atoms with Gasteiger partial charge < -0.3 is 4.90 Å². The van der Waals surface area contributed by atoms with Crippen LogP contribution in [0.3, 0.4) is 0 Å². The number of nitrogens with zero attached hydrogens (tertiary/aromatic N) is 2. The van der Waals surface area contributed by atoms with Crippen molar-refractivity contribution in [3.8, 4) is 0 Å². The van der Waals surface area contributed by atoms with Crippen LogP contribution in [-0.4, -0.2) is 18.1 Å². The third-order valence-electron chi connectivity index (χ3n) is 4.41. The van der Waals surface area contributed by atoms with E-state index in [-0.39, 0.29) is 5.82 Å². The van der Waals surface area contributed by atoms with Gasteiger partial charge in [-0.3, -0.25) is 0 Å². The van der Waals surface area contributed by atoms with Crippen LogP contribution in [0.2, 0.25) is 5.02 Å². The highest BCUT2D eigenvalue weighted by molar-refractivity contribution is 6.30. The molecule has 1 aromatic heterocycles. The summed E-state index contributed by atoms with van der Waals surface area (Å²) in [5.74, 6) is 0.128. The Hall–Kier alpha value is -0.830. The van der Waals surface area contributed by atoms with Crippen LogP contribution in [0.1, 0.15) is 39.5 Å². The van der Waals surface area contributed by atoms with Gasteiger partial charge >= 0.3 is 0 Å². The summed E-state index contributed by atoms with van der Waals surface area (Å²) in [6.07, 6.45) is 6.15. The minimum atomic E-state index is -0.317. The van der Waals surface area contributed by atoms with E-state index in [9.17, 15) is 4.39 Å². The van der Waals surface area contributed by atoms with Gasteiger partial charge in [0.15, 0.2) is 11.6 Å². The van der Waals surface area contributed by atoms with Crippen LogP contribution < -0.4 is 4.90 Å². The Labute approximate surface area is 113 Å². The predicted molar refractivity (Wildman–Crippen MR) is 73.7 cm³/mol. The number of hydrogen-bond acceptors (Lipinski definition) is 2. The van der Waals surface area contributed by atoms with E-state index >= 15 is 0 Å². The number of pyridine rings is 1. The number of aromatic nitrogens is 1. The van der Waals surface area contributed by atoms with E-state index in [0.717, 1.165) is 25.9 Å². The number of halogens is 2. The van der Waals surface area contributed by atoms with Gasteiger partial charge in [-0.15, -0.1) is 0 Å². The zero-order valence-corrected chi connectivity index (χ0v) is 11.8. The molecule has 1 aromatic rings. The first-order valence-corrected chi connectivity index (χ1v) is 7.04. The normalized spacial score (nSPS) is 19.0. The van der Waals surface area contributed by atoms with Gasteiger partial charge in [-0.25, -0.2) is 9.37 Å². The Morgan fingerprint density at radius 1 is 1.33 bits per heavy atom. The van der Waals surface area contributed by atoms with Gasteiger partial charge in [-0.05, 0) is 24.3 Å². The predicted octanol–water partition coefficient (Wildman–Crippen LogP) is 4.28. The molecule has 1 fully saturated rings. The second kappa shape index (κ2) is 5.43. The fraction of sp³-hybridized carbons (Fsp3) is 0.643. The minimum Gasteiger partial charge on any atom is -0.354 e. The molecular formula is C14H20ClFN2. The van der Waals surface area contributed by atoms with Crippen LogP contribution in [0, 0.1) is 11.2 Å². The molecule has 0 N–H and O–H groups in total. The summed E-state index contributed by atoms with van der Waals surface area (Å²) in [6.45, 7) is 6.26. The highest BCUT2D eigenvalue weighted by atomic mass is 35.5. The Morgan fingerprint density at radius 3 is 2.44 bits per heavy atom. The highest BCUT2D eigenvalue weighted by Gasteiger charge is 2.32. The molecule has 0 spiro atoms. The van der Waals surface area contributed by atoms with E-state index < -0.39 is 0 Å². The van der Waals surface area contributed by atoms with Crippen molar-refractivity contribution in [2.24, 2.45) is 5.41 Å². The maximum absolute atomic E-state index is 13.8. The Balaban J connectivity index is 2.10. The fourth-order valence-corrected chi connectivity index (χ4v) is 2.93. The molecule has 0 saturated carbocycles. The molecule has 100 valence electrons. The number of piperidine rings is 1. The molecule has 0 atom stereocenters. The van der Waals surface area contributed by atoms with Crippen molar-refractivity contribution in [3.63, 3.8) is 0 Å². The van der Waals surface area contributed by atoms with E-state index in [1.165, 1.54) is 25.1 Å². The molecule has 0 unspecified atom stereocenters. The van der Waals surface area contributed by atoms with Crippen LogP contribution in [0.5, 0.6) is 0 Å². The molecule has 0 aliphatic carbocycles. The first-order valence-electron chi connectivity index (χ1n) is 6.66. The molecular weight excluding hydrogens is 251 g/mol. The zero-order chi connectivity index (χ0) is 13.2. The average molecular weight is 271 g/mol. The van der Waals surface area contributed by atoms with Crippen molar-refractivity contribution in [1.29, 1.82) is 0 Å². The van der Waals surface area contributed by atoms with Crippen LogP contribution >= 0.6 is 11.6 Å². The second-order valence-electron chi connectivity index (χ2n) is 5.15. The third kappa shape index (κ3) is 2.61.